The van der Waals surface area contributed by atoms with E-state index >= 15 is 0 Å². The topological polar surface area (TPSA) is 72.6 Å². The van der Waals surface area contributed by atoms with Crippen molar-refractivity contribution in [2.45, 2.75) is 31.8 Å². The summed E-state index contributed by atoms with van der Waals surface area (Å²) in [5.74, 6) is 0.985. The molecule has 2 rings (SSSR count). The normalized spacial score (nSPS) is 34.2. The largest absolute Gasteiger partial charge is 0.378 e. The van der Waals surface area contributed by atoms with Crippen molar-refractivity contribution in [1.29, 1.82) is 0 Å². The van der Waals surface area contributed by atoms with Crippen LogP contribution in [0.5, 0.6) is 0 Å². The predicted octanol–water partition coefficient (Wildman–Crippen LogP) is 0.412. The molecule has 0 aromatic heterocycles. The van der Waals surface area contributed by atoms with Gasteiger partial charge in [0.1, 0.15) is 0 Å². The molecule has 2 N–H and O–H groups in total. The Labute approximate surface area is 110 Å². The first-order valence-corrected chi connectivity index (χ1v) is 8.60. The van der Waals surface area contributed by atoms with E-state index < -0.39 is 10.0 Å². The monoisotopic (exact) mass is 276 g/mol. The maximum atomic E-state index is 11.5. The molecular formula is C12H24N2O3S. The smallest absolute Gasteiger partial charge is 0.211 e. The summed E-state index contributed by atoms with van der Waals surface area (Å²) in [5.41, 5.74) is 5.57. The summed E-state index contributed by atoms with van der Waals surface area (Å²) in [6, 6.07) is 0. The van der Waals surface area contributed by atoms with E-state index in [4.69, 9.17) is 10.5 Å². The number of ether oxygens (including phenoxy) is 1. The Morgan fingerprint density at radius 1 is 1.33 bits per heavy atom. The zero-order valence-electron chi connectivity index (χ0n) is 11.0. The van der Waals surface area contributed by atoms with Crippen LogP contribution in [0.15, 0.2) is 0 Å². The fourth-order valence-electron chi connectivity index (χ4n) is 2.74. The Hall–Kier alpha value is -0.170. The highest BCUT2D eigenvalue weighted by Crippen LogP contribution is 2.30. The van der Waals surface area contributed by atoms with Crippen LogP contribution in [-0.4, -0.2) is 51.3 Å². The van der Waals surface area contributed by atoms with Crippen molar-refractivity contribution in [3.8, 4) is 0 Å². The summed E-state index contributed by atoms with van der Waals surface area (Å²) in [6.45, 7) is 2.72. The van der Waals surface area contributed by atoms with E-state index in [9.17, 15) is 8.42 Å². The van der Waals surface area contributed by atoms with E-state index in [0.29, 0.717) is 37.6 Å². The average molecular weight is 276 g/mol. The molecule has 1 atom stereocenters. The van der Waals surface area contributed by atoms with Gasteiger partial charge >= 0.3 is 0 Å². The molecule has 1 heterocycles. The fraction of sp³-hybridized carbons (Fsp3) is 1.00. The lowest BCUT2D eigenvalue weighted by Crippen LogP contribution is -2.42. The Bertz CT molecular complexity index is 366. The molecule has 0 aromatic carbocycles. The van der Waals surface area contributed by atoms with Crippen LogP contribution >= 0.6 is 0 Å². The number of hydrogen-bond donors (Lipinski definition) is 1. The summed E-state index contributed by atoms with van der Waals surface area (Å²) >= 11 is 0. The maximum absolute atomic E-state index is 11.5. The summed E-state index contributed by atoms with van der Waals surface area (Å²) in [4.78, 5) is 0. The highest BCUT2D eigenvalue weighted by atomic mass is 32.2. The van der Waals surface area contributed by atoms with Gasteiger partial charge in [0.2, 0.25) is 10.0 Å². The third kappa shape index (κ3) is 3.66. The molecule has 0 aromatic rings. The maximum Gasteiger partial charge on any atom is 0.211 e. The second-order valence-electron chi connectivity index (χ2n) is 5.66. The molecule has 2 fully saturated rings. The minimum Gasteiger partial charge on any atom is -0.378 e. The van der Waals surface area contributed by atoms with E-state index in [1.54, 1.807) is 4.31 Å². The molecule has 1 saturated carbocycles. The van der Waals surface area contributed by atoms with E-state index in [2.05, 4.69) is 0 Å². The molecule has 18 heavy (non-hydrogen) atoms. The average Bonchev–Trinajstić information content (AvgIpc) is 2.26. The highest BCUT2D eigenvalue weighted by molar-refractivity contribution is 7.88. The molecule has 0 spiro atoms. The van der Waals surface area contributed by atoms with Crippen LogP contribution in [0.25, 0.3) is 0 Å². The van der Waals surface area contributed by atoms with Crippen molar-refractivity contribution in [3.05, 3.63) is 0 Å². The Morgan fingerprint density at radius 2 is 2.06 bits per heavy atom. The van der Waals surface area contributed by atoms with Crippen LogP contribution in [0.4, 0.5) is 0 Å². The first-order chi connectivity index (χ1) is 8.49. The Morgan fingerprint density at radius 3 is 2.67 bits per heavy atom. The number of hydrogen-bond acceptors (Lipinski definition) is 4. The second kappa shape index (κ2) is 5.86. The zero-order valence-corrected chi connectivity index (χ0v) is 11.9. The van der Waals surface area contributed by atoms with Crippen LogP contribution in [0.3, 0.4) is 0 Å². The molecule has 0 bridgehead atoms. The van der Waals surface area contributed by atoms with Gasteiger partial charge in [0.25, 0.3) is 0 Å². The quantitative estimate of drug-likeness (QED) is 0.789. The third-order valence-electron chi connectivity index (χ3n) is 4.04. The fourth-order valence-corrected chi connectivity index (χ4v) is 3.68. The molecular weight excluding hydrogens is 252 g/mol. The van der Waals surface area contributed by atoms with Gasteiger partial charge in [0.05, 0.1) is 19.0 Å². The molecule has 1 aliphatic heterocycles. The van der Waals surface area contributed by atoms with Crippen LogP contribution in [-0.2, 0) is 14.8 Å². The minimum absolute atomic E-state index is 0.352. The number of piperidine rings is 1. The van der Waals surface area contributed by atoms with Gasteiger partial charge in [0, 0.05) is 13.1 Å². The van der Waals surface area contributed by atoms with E-state index in [-0.39, 0.29) is 0 Å². The summed E-state index contributed by atoms with van der Waals surface area (Å²) in [6.07, 6.45) is 5.79. The number of nitrogens with zero attached hydrogens (tertiary/aromatic N) is 1. The van der Waals surface area contributed by atoms with Gasteiger partial charge in [-0.1, -0.05) is 0 Å². The lowest BCUT2D eigenvalue weighted by molar-refractivity contribution is -0.0478. The molecule has 5 nitrogen and oxygen atoms in total. The van der Waals surface area contributed by atoms with Gasteiger partial charge in [-0.2, -0.15) is 0 Å². The van der Waals surface area contributed by atoms with Gasteiger partial charge in [-0.25, -0.2) is 12.7 Å². The van der Waals surface area contributed by atoms with Crippen molar-refractivity contribution < 1.29 is 13.2 Å². The molecule has 1 aliphatic carbocycles. The van der Waals surface area contributed by atoms with E-state index in [0.717, 1.165) is 32.2 Å². The molecule has 1 saturated heterocycles. The van der Waals surface area contributed by atoms with Crippen LogP contribution in [0.2, 0.25) is 0 Å². The van der Waals surface area contributed by atoms with Gasteiger partial charge in [-0.15, -0.1) is 0 Å². The molecule has 0 radical (unpaired) electrons. The van der Waals surface area contributed by atoms with Crippen LogP contribution in [0, 0.1) is 11.8 Å². The van der Waals surface area contributed by atoms with Crippen molar-refractivity contribution in [2.24, 2.45) is 17.6 Å². The standard InChI is InChI=1S/C12H24N2O3S/c1-18(15,16)14-4-2-3-10(8-14)9-17-12-5-11(6-12)7-13/h10-12H,2-9,13H2,1H3. The van der Waals surface area contributed by atoms with Crippen molar-refractivity contribution in [3.63, 3.8) is 0 Å². The van der Waals surface area contributed by atoms with Gasteiger partial charge in [-0.3, -0.25) is 0 Å². The summed E-state index contributed by atoms with van der Waals surface area (Å²) in [5, 5.41) is 0. The molecule has 2 aliphatic rings. The summed E-state index contributed by atoms with van der Waals surface area (Å²) in [7, 11) is -3.04. The van der Waals surface area contributed by atoms with Gasteiger partial charge in [0.15, 0.2) is 0 Å². The van der Waals surface area contributed by atoms with E-state index in [1.807, 2.05) is 0 Å². The Kier molecular flexibility index (Phi) is 4.64. The van der Waals surface area contributed by atoms with Gasteiger partial charge < -0.3 is 10.5 Å². The SMILES string of the molecule is CS(=O)(=O)N1CCCC(COC2CC(CN)C2)C1. The highest BCUT2D eigenvalue weighted by Gasteiger charge is 2.31. The van der Waals surface area contributed by atoms with Crippen molar-refractivity contribution >= 4 is 10.0 Å². The Balaban J connectivity index is 1.70. The molecule has 1 unspecified atom stereocenters. The summed E-state index contributed by atoms with van der Waals surface area (Å²) < 4.78 is 30.4. The first-order valence-electron chi connectivity index (χ1n) is 6.76. The van der Waals surface area contributed by atoms with Crippen LogP contribution < -0.4 is 5.73 Å². The molecule has 106 valence electrons. The lowest BCUT2D eigenvalue weighted by atomic mass is 9.82. The first kappa shape index (κ1) is 14.2. The minimum atomic E-state index is -3.04. The van der Waals surface area contributed by atoms with E-state index in [1.165, 1.54) is 6.26 Å². The van der Waals surface area contributed by atoms with Crippen molar-refractivity contribution in [1.82, 2.24) is 4.31 Å². The van der Waals surface area contributed by atoms with Crippen molar-refractivity contribution in [2.75, 3.05) is 32.5 Å². The lowest BCUT2D eigenvalue weighted by Gasteiger charge is -2.37. The third-order valence-corrected chi connectivity index (χ3v) is 5.31. The number of nitrogens with two attached hydrogens (primary N) is 1. The van der Waals surface area contributed by atoms with Crippen LogP contribution in [0.1, 0.15) is 25.7 Å². The predicted molar refractivity (Wildman–Crippen MR) is 70.7 cm³/mol. The second-order valence-corrected chi connectivity index (χ2v) is 7.64. The number of sulfonamides is 1. The zero-order chi connectivity index (χ0) is 13.2. The number of rotatable bonds is 5. The van der Waals surface area contributed by atoms with Gasteiger partial charge in [-0.05, 0) is 44.1 Å². The molecule has 6 heteroatoms. The molecule has 0 amide bonds.